The van der Waals surface area contributed by atoms with Crippen molar-refractivity contribution in [2.24, 2.45) is 5.92 Å². The molecule has 0 N–H and O–H groups in total. The maximum absolute atomic E-state index is 13.3. The van der Waals surface area contributed by atoms with Crippen LogP contribution in [0, 0.1) is 18.7 Å². The van der Waals surface area contributed by atoms with E-state index in [0.29, 0.717) is 30.8 Å². The molecule has 158 valence electrons. The number of hydrogen-bond donors (Lipinski definition) is 0. The Kier molecular flexibility index (Phi) is 4.91. The van der Waals surface area contributed by atoms with E-state index < -0.39 is 17.9 Å². The Morgan fingerprint density at radius 1 is 1.00 bits per heavy atom. The highest BCUT2D eigenvalue weighted by Gasteiger charge is 2.49. The maximum atomic E-state index is 13.3. The molecule has 2 atom stereocenters. The van der Waals surface area contributed by atoms with Crippen LogP contribution in [-0.4, -0.2) is 53.7 Å². The summed E-state index contributed by atoms with van der Waals surface area (Å²) in [6.07, 6.45) is -4.79. The van der Waals surface area contributed by atoms with Crippen molar-refractivity contribution < 1.29 is 31.9 Å². The minimum absolute atomic E-state index is 0.126. The van der Waals surface area contributed by atoms with Gasteiger partial charge in [-0.25, -0.2) is 4.39 Å². The van der Waals surface area contributed by atoms with Gasteiger partial charge in [-0.15, -0.1) is 13.2 Å². The topological polar surface area (TPSA) is 49.9 Å². The number of rotatable bonds is 3. The molecule has 2 saturated heterocycles. The lowest BCUT2D eigenvalue weighted by Crippen LogP contribution is -2.58. The van der Waals surface area contributed by atoms with Crippen LogP contribution in [0.2, 0.25) is 0 Å². The first-order valence-electron chi connectivity index (χ1n) is 9.34. The van der Waals surface area contributed by atoms with Crippen molar-refractivity contribution in [2.75, 3.05) is 19.6 Å². The van der Waals surface area contributed by atoms with E-state index in [4.69, 9.17) is 0 Å². The largest absolute Gasteiger partial charge is 0.573 e. The number of fused-ring (bicyclic) bond motifs is 1. The van der Waals surface area contributed by atoms with E-state index in [1.54, 1.807) is 16.7 Å². The number of halogens is 4. The van der Waals surface area contributed by atoms with Gasteiger partial charge in [-0.3, -0.25) is 9.59 Å². The average molecular weight is 422 g/mol. The highest BCUT2D eigenvalue weighted by atomic mass is 19.4. The van der Waals surface area contributed by atoms with E-state index >= 15 is 0 Å². The van der Waals surface area contributed by atoms with E-state index in [0.717, 1.165) is 12.1 Å². The molecule has 4 rings (SSSR count). The molecule has 0 bridgehead atoms. The van der Waals surface area contributed by atoms with Gasteiger partial charge in [0.25, 0.3) is 11.8 Å². The fraction of sp³-hybridized carbons (Fsp3) is 0.333. The molecule has 0 spiro atoms. The lowest BCUT2D eigenvalue weighted by Gasteiger charge is -2.43. The normalized spacial score (nSPS) is 20.6. The van der Waals surface area contributed by atoms with Gasteiger partial charge < -0.3 is 14.5 Å². The van der Waals surface area contributed by atoms with Crippen LogP contribution in [0.4, 0.5) is 17.6 Å². The first-order chi connectivity index (χ1) is 14.1. The minimum atomic E-state index is -4.79. The van der Waals surface area contributed by atoms with Gasteiger partial charge >= 0.3 is 6.36 Å². The van der Waals surface area contributed by atoms with Crippen molar-refractivity contribution in [3.05, 3.63) is 65.0 Å². The van der Waals surface area contributed by atoms with Crippen LogP contribution in [0.5, 0.6) is 5.75 Å². The second-order valence-electron chi connectivity index (χ2n) is 7.53. The molecule has 0 unspecified atom stereocenters. The number of amides is 2. The number of carbonyl (C=O) groups is 2. The van der Waals surface area contributed by atoms with Gasteiger partial charge in [0.05, 0.1) is 6.04 Å². The van der Waals surface area contributed by atoms with E-state index in [-0.39, 0.29) is 29.3 Å². The third-order valence-electron chi connectivity index (χ3n) is 5.54. The molecular weight excluding hydrogens is 404 g/mol. The van der Waals surface area contributed by atoms with Gasteiger partial charge in [-0.05, 0) is 55.0 Å². The van der Waals surface area contributed by atoms with E-state index in [1.165, 1.54) is 30.3 Å². The van der Waals surface area contributed by atoms with Crippen LogP contribution in [0.1, 0.15) is 26.3 Å². The number of nitrogens with zero attached hydrogens (tertiary/aromatic N) is 2. The predicted octanol–water partition coefficient (Wildman–Crippen LogP) is 3.63. The van der Waals surface area contributed by atoms with Crippen molar-refractivity contribution in [1.82, 2.24) is 9.80 Å². The number of carbonyl (C=O) groups excluding carboxylic acids is 2. The first-order valence-corrected chi connectivity index (χ1v) is 9.34. The van der Waals surface area contributed by atoms with Crippen molar-refractivity contribution in [3.63, 3.8) is 0 Å². The number of likely N-dealkylation sites (tertiary alicyclic amines) is 2. The third-order valence-corrected chi connectivity index (χ3v) is 5.54. The molecule has 9 heteroatoms. The Morgan fingerprint density at radius 3 is 2.33 bits per heavy atom. The molecule has 2 heterocycles. The van der Waals surface area contributed by atoms with Crippen LogP contribution < -0.4 is 4.74 Å². The first kappa shape index (κ1) is 20.2. The highest BCUT2D eigenvalue weighted by molar-refractivity contribution is 5.97. The summed E-state index contributed by atoms with van der Waals surface area (Å²) >= 11 is 0. The molecule has 2 aromatic rings. The maximum Gasteiger partial charge on any atom is 0.573 e. The van der Waals surface area contributed by atoms with Crippen molar-refractivity contribution in [2.45, 2.75) is 19.3 Å². The lowest BCUT2D eigenvalue weighted by molar-refractivity contribution is -0.274. The molecule has 2 aliphatic rings. The van der Waals surface area contributed by atoms with E-state index in [9.17, 15) is 27.2 Å². The molecular formula is C21H18F4N2O3. The second-order valence-corrected chi connectivity index (χ2v) is 7.53. The fourth-order valence-corrected chi connectivity index (χ4v) is 4.04. The van der Waals surface area contributed by atoms with Gasteiger partial charge in [0.15, 0.2) is 0 Å². The van der Waals surface area contributed by atoms with Gasteiger partial charge in [0.2, 0.25) is 0 Å². The number of ether oxygens (including phenoxy) is 1. The van der Waals surface area contributed by atoms with Gasteiger partial charge in [0, 0.05) is 36.7 Å². The summed E-state index contributed by atoms with van der Waals surface area (Å²) in [6.45, 7) is 2.99. The van der Waals surface area contributed by atoms with Gasteiger partial charge in [-0.1, -0.05) is 0 Å². The highest BCUT2D eigenvalue weighted by Crippen LogP contribution is 2.35. The Labute approximate surface area is 169 Å². The molecule has 2 amide bonds. The van der Waals surface area contributed by atoms with Crippen molar-refractivity contribution in [3.8, 4) is 5.75 Å². The van der Waals surface area contributed by atoms with Gasteiger partial charge in [-0.2, -0.15) is 0 Å². The van der Waals surface area contributed by atoms with Crippen molar-refractivity contribution >= 4 is 11.8 Å². The zero-order chi connectivity index (χ0) is 21.6. The summed E-state index contributed by atoms with van der Waals surface area (Å²) in [5, 5.41) is 0. The smallest absolute Gasteiger partial charge is 0.406 e. The number of aryl methyl sites for hydroxylation is 1. The standard InChI is InChI=1S/C21H18F4N2O3/c1-12-8-15(22)4-7-17(12)20(29)27-10-14-9-26(11-18(14)27)19(28)13-2-5-16(6-3-13)30-21(23,24)25/h2-8,14,18H,9-11H2,1H3/t14-,18+/m0/s1. The average Bonchev–Trinajstić information content (AvgIpc) is 2.97. The minimum Gasteiger partial charge on any atom is -0.406 e. The van der Waals surface area contributed by atoms with E-state index in [1.807, 2.05) is 0 Å². The summed E-state index contributed by atoms with van der Waals surface area (Å²) in [5.41, 5.74) is 1.23. The lowest BCUT2D eigenvalue weighted by atomic mass is 9.90. The summed E-state index contributed by atoms with van der Waals surface area (Å²) < 4.78 is 53.9. The SMILES string of the molecule is Cc1cc(F)ccc1C(=O)N1C[C@@H]2CN(C(=O)c3ccc(OC(F)(F)F)cc3)C[C@H]21. The number of alkyl halides is 3. The second kappa shape index (κ2) is 7.30. The van der Waals surface area contributed by atoms with Crippen LogP contribution >= 0.6 is 0 Å². The predicted molar refractivity (Wildman–Crippen MR) is 98.5 cm³/mol. The zero-order valence-corrected chi connectivity index (χ0v) is 15.9. The molecule has 0 radical (unpaired) electrons. The third kappa shape index (κ3) is 3.83. The summed E-state index contributed by atoms with van der Waals surface area (Å²) in [6, 6.07) is 8.65. The fourth-order valence-electron chi connectivity index (χ4n) is 4.04. The summed E-state index contributed by atoms with van der Waals surface area (Å²) in [7, 11) is 0. The van der Waals surface area contributed by atoms with Crippen molar-refractivity contribution in [1.29, 1.82) is 0 Å². The van der Waals surface area contributed by atoms with Crippen LogP contribution in [-0.2, 0) is 0 Å². The monoisotopic (exact) mass is 422 g/mol. The molecule has 2 fully saturated rings. The molecule has 30 heavy (non-hydrogen) atoms. The molecule has 0 aliphatic carbocycles. The Hall–Kier alpha value is -3.10. The quantitative estimate of drug-likeness (QED) is 0.710. The summed E-state index contributed by atoms with van der Waals surface area (Å²) in [4.78, 5) is 28.8. The van der Waals surface area contributed by atoms with Crippen LogP contribution in [0.3, 0.4) is 0 Å². The van der Waals surface area contributed by atoms with Gasteiger partial charge in [0.1, 0.15) is 11.6 Å². The summed E-state index contributed by atoms with van der Waals surface area (Å²) in [5.74, 6) is -1.17. The van der Waals surface area contributed by atoms with Crippen LogP contribution in [0.25, 0.3) is 0 Å². The van der Waals surface area contributed by atoms with E-state index in [2.05, 4.69) is 4.74 Å². The number of hydrogen-bond acceptors (Lipinski definition) is 3. The number of benzene rings is 2. The van der Waals surface area contributed by atoms with Crippen LogP contribution in [0.15, 0.2) is 42.5 Å². The molecule has 2 aliphatic heterocycles. The Bertz CT molecular complexity index is 991. The molecule has 0 aromatic heterocycles. The Morgan fingerprint density at radius 2 is 1.70 bits per heavy atom. The Balaban J connectivity index is 1.41. The molecule has 2 aromatic carbocycles. The zero-order valence-electron chi connectivity index (χ0n) is 15.9. The molecule has 5 nitrogen and oxygen atoms in total. The molecule has 0 saturated carbocycles.